The molecule has 0 amide bonds. The highest BCUT2D eigenvalue weighted by molar-refractivity contribution is 5.72. The molecule has 2 unspecified atom stereocenters. The summed E-state index contributed by atoms with van der Waals surface area (Å²) in [5, 5.41) is 9.03. The number of hydrogen-bond donors (Lipinski definition) is 1. The van der Waals surface area contributed by atoms with Crippen molar-refractivity contribution in [3.63, 3.8) is 0 Å². The maximum atomic E-state index is 11.0. The Bertz CT molecular complexity index is 290. The molecule has 0 aromatic heterocycles. The molecule has 2 aliphatic rings. The lowest BCUT2D eigenvalue weighted by atomic mass is 9.72. The molecule has 0 aromatic carbocycles. The lowest BCUT2D eigenvalue weighted by Crippen LogP contribution is -2.55. The molecule has 1 aliphatic carbocycles. The Hall–Kier alpha value is -0.610. The van der Waals surface area contributed by atoms with Crippen molar-refractivity contribution in [1.82, 2.24) is 4.90 Å². The Morgan fingerprint density at radius 2 is 2.18 bits per heavy atom. The fourth-order valence-electron chi connectivity index (χ4n) is 3.25. The highest BCUT2D eigenvalue weighted by Crippen LogP contribution is 2.39. The van der Waals surface area contributed by atoms with Gasteiger partial charge < -0.3 is 9.84 Å². The topological polar surface area (TPSA) is 49.8 Å². The van der Waals surface area contributed by atoms with Crippen molar-refractivity contribution >= 4 is 5.97 Å². The third-order valence-corrected chi connectivity index (χ3v) is 4.26. The molecule has 17 heavy (non-hydrogen) atoms. The number of ether oxygens (including phenoxy) is 1. The molecule has 1 aliphatic heterocycles. The number of aliphatic carboxylic acids is 1. The van der Waals surface area contributed by atoms with E-state index >= 15 is 0 Å². The van der Waals surface area contributed by atoms with Gasteiger partial charge >= 0.3 is 5.97 Å². The van der Waals surface area contributed by atoms with E-state index < -0.39 is 12.1 Å². The van der Waals surface area contributed by atoms with Gasteiger partial charge in [0.1, 0.15) is 0 Å². The predicted octanol–water partition coefficient (Wildman–Crippen LogP) is 1.74. The highest BCUT2D eigenvalue weighted by atomic mass is 16.5. The third kappa shape index (κ3) is 2.80. The zero-order valence-electron chi connectivity index (χ0n) is 10.8. The second-order valence-electron chi connectivity index (χ2n) is 5.94. The predicted molar refractivity (Wildman–Crippen MR) is 65.0 cm³/mol. The van der Waals surface area contributed by atoms with Gasteiger partial charge in [-0.05, 0) is 18.3 Å². The van der Waals surface area contributed by atoms with Crippen LogP contribution in [0.5, 0.6) is 0 Å². The van der Waals surface area contributed by atoms with Crippen molar-refractivity contribution in [3.05, 3.63) is 0 Å². The van der Waals surface area contributed by atoms with Gasteiger partial charge in [-0.15, -0.1) is 0 Å². The largest absolute Gasteiger partial charge is 0.479 e. The molecule has 1 heterocycles. The summed E-state index contributed by atoms with van der Waals surface area (Å²) in [6.45, 7) is 6.58. The molecule has 98 valence electrons. The van der Waals surface area contributed by atoms with E-state index in [-0.39, 0.29) is 0 Å². The summed E-state index contributed by atoms with van der Waals surface area (Å²) in [6.07, 6.45) is 4.37. The van der Waals surface area contributed by atoms with Crippen LogP contribution in [0.2, 0.25) is 0 Å². The van der Waals surface area contributed by atoms with E-state index in [1.165, 1.54) is 25.7 Å². The van der Waals surface area contributed by atoms with Gasteiger partial charge in [0.2, 0.25) is 0 Å². The standard InChI is InChI=1S/C13H23NO3/c1-13(2)6-4-3-5-11(13)14-7-8-17-10(9-14)12(15)16/h10-11H,3-9H2,1-2H3,(H,15,16). The Labute approximate surface area is 103 Å². The lowest BCUT2D eigenvalue weighted by Gasteiger charge is -2.47. The van der Waals surface area contributed by atoms with Crippen LogP contribution in [0.3, 0.4) is 0 Å². The second kappa shape index (κ2) is 4.94. The number of morpholine rings is 1. The van der Waals surface area contributed by atoms with Crippen LogP contribution in [0.15, 0.2) is 0 Å². The molecule has 4 heteroatoms. The first-order valence-corrected chi connectivity index (χ1v) is 6.59. The van der Waals surface area contributed by atoms with Gasteiger partial charge in [0.15, 0.2) is 6.10 Å². The smallest absolute Gasteiger partial charge is 0.334 e. The number of carboxylic acids is 1. The van der Waals surface area contributed by atoms with Crippen LogP contribution in [0.4, 0.5) is 0 Å². The first kappa shape index (κ1) is 12.8. The van der Waals surface area contributed by atoms with E-state index in [0.29, 0.717) is 24.6 Å². The van der Waals surface area contributed by atoms with Crippen molar-refractivity contribution in [2.45, 2.75) is 51.7 Å². The highest BCUT2D eigenvalue weighted by Gasteiger charge is 2.39. The van der Waals surface area contributed by atoms with Gasteiger partial charge in [0, 0.05) is 19.1 Å². The molecule has 0 bridgehead atoms. The molecule has 0 aromatic rings. The van der Waals surface area contributed by atoms with Gasteiger partial charge in [-0.3, -0.25) is 4.90 Å². The third-order valence-electron chi connectivity index (χ3n) is 4.26. The van der Waals surface area contributed by atoms with Crippen LogP contribution in [0, 0.1) is 5.41 Å². The van der Waals surface area contributed by atoms with Crippen molar-refractivity contribution < 1.29 is 14.6 Å². The first-order chi connectivity index (χ1) is 8.00. The lowest BCUT2D eigenvalue weighted by molar-refractivity contribution is -0.159. The van der Waals surface area contributed by atoms with Crippen molar-refractivity contribution in [2.24, 2.45) is 5.41 Å². The van der Waals surface area contributed by atoms with Gasteiger partial charge in [-0.2, -0.15) is 0 Å². The molecular formula is C13H23NO3. The molecule has 2 fully saturated rings. The minimum absolute atomic E-state index is 0.304. The maximum absolute atomic E-state index is 11.0. The first-order valence-electron chi connectivity index (χ1n) is 6.59. The van der Waals surface area contributed by atoms with Crippen LogP contribution in [0.1, 0.15) is 39.5 Å². The number of carboxylic acid groups (broad SMARTS) is 1. The van der Waals surface area contributed by atoms with E-state index in [1.807, 2.05) is 0 Å². The number of carbonyl (C=O) groups is 1. The monoisotopic (exact) mass is 241 g/mol. The van der Waals surface area contributed by atoms with E-state index in [9.17, 15) is 4.79 Å². The fourth-order valence-corrected chi connectivity index (χ4v) is 3.25. The molecule has 0 radical (unpaired) electrons. The molecule has 2 atom stereocenters. The molecule has 4 nitrogen and oxygen atoms in total. The zero-order valence-corrected chi connectivity index (χ0v) is 10.8. The van der Waals surface area contributed by atoms with E-state index in [1.54, 1.807) is 0 Å². The second-order valence-corrected chi connectivity index (χ2v) is 5.94. The Kier molecular flexibility index (Phi) is 3.73. The summed E-state index contributed by atoms with van der Waals surface area (Å²) in [5.74, 6) is -0.830. The fraction of sp³-hybridized carbons (Fsp3) is 0.923. The summed E-state index contributed by atoms with van der Waals surface area (Å²) in [6, 6.07) is 0.516. The summed E-state index contributed by atoms with van der Waals surface area (Å²) in [4.78, 5) is 13.3. The molecule has 1 saturated carbocycles. The van der Waals surface area contributed by atoms with Crippen LogP contribution in [0.25, 0.3) is 0 Å². The Morgan fingerprint density at radius 3 is 2.82 bits per heavy atom. The van der Waals surface area contributed by atoms with Gasteiger partial charge in [-0.1, -0.05) is 26.7 Å². The van der Waals surface area contributed by atoms with Gasteiger partial charge in [0.25, 0.3) is 0 Å². The summed E-state index contributed by atoms with van der Waals surface area (Å²) < 4.78 is 5.29. The van der Waals surface area contributed by atoms with E-state index in [4.69, 9.17) is 9.84 Å². The van der Waals surface area contributed by atoms with Crippen LogP contribution in [-0.4, -0.2) is 47.8 Å². The number of nitrogens with zero attached hydrogens (tertiary/aromatic N) is 1. The number of rotatable bonds is 2. The van der Waals surface area contributed by atoms with Gasteiger partial charge in [0.05, 0.1) is 6.61 Å². The number of hydrogen-bond acceptors (Lipinski definition) is 3. The van der Waals surface area contributed by atoms with Crippen LogP contribution < -0.4 is 0 Å². The maximum Gasteiger partial charge on any atom is 0.334 e. The molecule has 1 saturated heterocycles. The molecular weight excluding hydrogens is 218 g/mol. The minimum Gasteiger partial charge on any atom is -0.479 e. The SMILES string of the molecule is CC1(C)CCCCC1N1CCOC(C(=O)O)C1. The van der Waals surface area contributed by atoms with E-state index in [0.717, 1.165) is 6.54 Å². The van der Waals surface area contributed by atoms with Gasteiger partial charge in [-0.25, -0.2) is 4.79 Å². The summed E-state index contributed by atoms with van der Waals surface area (Å²) in [7, 11) is 0. The van der Waals surface area contributed by atoms with E-state index in [2.05, 4.69) is 18.7 Å². The zero-order chi connectivity index (χ0) is 12.5. The summed E-state index contributed by atoms with van der Waals surface area (Å²) in [5.41, 5.74) is 0.304. The minimum atomic E-state index is -0.830. The summed E-state index contributed by atoms with van der Waals surface area (Å²) >= 11 is 0. The molecule has 1 N–H and O–H groups in total. The normalized spacial score (nSPS) is 34.5. The quantitative estimate of drug-likeness (QED) is 0.800. The van der Waals surface area contributed by atoms with Crippen LogP contribution >= 0.6 is 0 Å². The average Bonchev–Trinajstić information content (AvgIpc) is 2.28. The van der Waals surface area contributed by atoms with Crippen molar-refractivity contribution in [1.29, 1.82) is 0 Å². The van der Waals surface area contributed by atoms with Crippen LogP contribution in [-0.2, 0) is 9.53 Å². The average molecular weight is 241 g/mol. The van der Waals surface area contributed by atoms with Crippen molar-refractivity contribution in [3.8, 4) is 0 Å². The molecule has 2 rings (SSSR count). The Morgan fingerprint density at radius 1 is 1.41 bits per heavy atom. The van der Waals surface area contributed by atoms with Crippen molar-refractivity contribution in [2.75, 3.05) is 19.7 Å². The Balaban J connectivity index is 2.03. The molecule has 0 spiro atoms.